The van der Waals surface area contributed by atoms with Gasteiger partial charge in [0.2, 0.25) is 0 Å². The Morgan fingerprint density at radius 3 is 2.71 bits per heavy atom. The molecule has 17 heavy (non-hydrogen) atoms. The van der Waals surface area contributed by atoms with Crippen molar-refractivity contribution in [3.63, 3.8) is 0 Å². The van der Waals surface area contributed by atoms with E-state index in [2.05, 4.69) is 41.3 Å². The monoisotopic (exact) mass is 272 g/mol. The molecule has 0 amide bonds. The lowest BCUT2D eigenvalue weighted by atomic mass is 10.00. The van der Waals surface area contributed by atoms with Crippen LogP contribution in [0.3, 0.4) is 0 Å². The van der Waals surface area contributed by atoms with Gasteiger partial charge in [0.05, 0.1) is 4.90 Å². The molecule has 96 valence electrons. The van der Waals surface area contributed by atoms with Crippen LogP contribution in [-0.2, 0) is 0 Å². The Morgan fingerprint density at radius 2 is 2.12 bits per heavy atom. The second-order valence-electron chi connectivity index (χ2n) is 5.06. The van der Waals surface area contributed by atoms with E-state index >= 15 is 0 Å². The second kappa shape index (κ2) is 4.66. The Kier molecular flexibility index (Phi) is 3.56. The minimum absolute atomic E-state index is 0.201. The molecule has 2 N–H and O–H groups in total. The molecular weight excluding hydrogens is 252 g/mol. The molecule has 1 aliphatic heterocycles. The highest BCUT2D eigenvalue weighted by molar-refractivity contribution is 7.99. The molecule has 0 bridgehead atoms. The summed E-state index contributed by atoms with van der Waals surface area (Å²) < 4.78 is 4.27. The zero-order chi connectivity index (χ0) is 12.6. The fourth-order valence-corrected chi connectivity index (χ4v) is 3.80. The van der Waals surface area contributed by atoms with E-state index in [0.717, 1.165) is 24.5 Å². The second-order valence-corrected chi connectivity index (χ2v) is 6.63. The van der Waals surface area contributed by atoms with Crippen molar-refractivity contribution in [1.29, 1.82) is 0 Å². The van der Waals surface area contributed by atoms with Crippen molar-refractivity contribution in [1.82, 2.24) is 9.27 Å². The summed E-state index contributed by atoms with van der Waals surface area (Å²) in [5.41, 5.74) is 6.10. The van der Waals surface area contributed by atoms with Crippen molar-refractivity contribution < 1.29 is 0 Å². The molecule has 0 aromatic carbocycles. The highest BCUT2D eigenvalue weighted by atomic mass is 32.2. The first kappa shape index (κ1) is 13.0. The van der Waals surface area contributed by atoms with Gasteiger partial charge in [0.1, 0.15) is 5.00 Å². The highest BCUT2D eigenvalue weighted by Gasteiger charge is 2.32. The number of thioether (sulfide) groups is 1. The quantitative estimate of drug-likeness (QED) is 0.834. The van der Waals surface area contributed by atoms with Gasteiger partial charge in [0.15, 0.2) is 5.82 Å². The summed E-state index contributed by atoms with van der Waals surface area (Å²) in [7, 11) is 2.19. The van der Waals surface area contributed by atoms with E-state index in [1.807, 2.05) is 0 Å². The number of anilines is 2. The molecular formula is C11H20N4S2. The number of hydrogen-bond acceptors (Lipinski definition) is 6. The SMILES string of the molecule is CSc1c(N)nsc1N1CCN(C)C(C)(C)C1. The lowest BCUT2D eigenvalue weighted by Crippen LogP contribution is -2.57. The van der Waals surface area contributed by atoms with Crippen LogP contribution in [0, 0.1) is 0 Å². The molecule has 1 saturated heterocycles. The Hall–Kier alpha value is -0.460. The van der Waals surface area contributed by atoms with Crippen LogP contribution in [0.2, 0.25) is 0 Å². The average molecular weight is 272 g/mol. The first-order valence-corrected chi connectivity index (χ1v) is 7.71. The minimum Gasteiger partial charge on any atom is -0.382 e. The molecule has 0 radical (unpaired) electrons. The summed E-state index contributed by atoms with van der Waals surface area (Å²) in [6, 6.07) is 0. The Morgan fingerprint density at radius 1 is 1.41 bits per heavy atom. The van der Waals surface area contributed by atoms with Gasteiger partial charge < -0.3 is 10.6 Å². The topological polar surface area (TPSA) is 45.4 Å². The third-order valence-corrected chi connectivity index (χ3v) is 5.33. The number of nitrogens with zero attached hydrogens (tertiary/aromatic N) is 3. The smallest absolute Gasteiger partial charge is 0.153 e. The van der Waals surface area contributed by atoms with Gasteiger partial charge in [0.25, 0.3) is 0 Å². The fourth-order valence-electron chi connectivity index (χ4n) is 2.09. The Labute approximate surface area is 111 Å². The summed E-state index contributed by atoms with van der Waals surface area (Å²) >= 11 is 3.21. The van der Waals surface area contributed by atoms with Gasteiger partial charge in [-0.1, -0.05) is 0 Å². The van der Waals surface area contributed by atoms with Crippen LogP contribution in [-0.4, -0.2) is 47.8 Å². The van der Waals surface area contributed by atoms with Crippen molar-refractivity contribution in [3.05, 3.63) is 0 Å². The van der Waals surface area contributed by atoms with Gasteiger partial charge in [-0.3, -0.25) is 4.90 Å². The summed E-state index contributed by atoms with van der Waals surface area (Å²) in [4.78, 5) is 5.96. The van der Waals surface area contributed by atoms with Crippen LogP contribution in [0.5, 0.6) is 0 Å². The lowest BCUT2D eigenvalue weighted by molar-refractivity contribution is 0.139. The number of likely N-dealkylation sites (N-methyl/N-ethyl adjacent to an activating group) is 1. The van der Waals surface area contributed by atoms with Gasteiger partial charge >= 0.3 is 0 Å². The van der Waals surface area contributed by atoms with Crippen LogP contribution < -0.4 is 10.6 Å². The maximum Gasteiger partial charge on any atom is 0.153 e. The predicted octanol–water partition coefficient (Wildman–Crippen LogP) is 1.98. The molecule has 0 spiro atoms. The number of aromatic nitrogens is 1. The van der Waals surface area contributed by atoms with Crippen molar-refractivity contribution in [3.8, 4) is 0 Å². The maximum atomic E-state index is 5.89. The molecule has 6 heteroatoms. The first-order chi connectivity index (χ1) is 7.95. The molecule has 4 nitrogen and oxygen atoms in total. The normalized spacial score (nSPS) is 20.8. The molecule has 2 heterocycles. The van der Waals surface area contributed by atoms with Crippen LogP contribution in [0.1, 0.15) is 13.8 Å². The summed E-state index contributed by atoms with van der Waals surface area (Å²) in [5.74, 6) is 0.675. The lowest BCUT2D eigenvalue weighted by Gasteiger charge is -2.45. The van der Waals surface area contributed by atoms with E-state index in [-0.39, 0.29) is 5.54 Å². The molecule has 0 aliphatic carbocycles. The number of hydrogen-bond donors (Lipinski definition) is 1. The van der Waals surface area contributed by atoms with E-state index in [0.29, 0.717) is 5.82 Å². The minimum atomic E-state index is 0.201. The van der Waals surface area contributed by atoms with E-state index in [1.165, 1.54) is 16.5 Å². The number of nitrogens with two attached hydrogens (primary N) is 1. The predicted molar refractivity (Wildman–Crippen MR) is 77.2 cm³/mol. The number of nitrogen functional groups attached to an aromatic ring is 1. The third-order valence-electron chi connectivity index (χ3n) is 3.47. The summed E-state index contributed by atoms with van der Waals surface area (Å²) in [6.45, 7) is 7.72. The maximum absolute atomic E-state index is 5.89. The molecule has 0 unspecified atom stereocenters. The van der Waals surface area contributed by atoms with Crippen molar-refractivity contribution in [2.24, 2.45) is 0 Å². The van der Waals surface area contributed by atoms with Gasteiger partial charge in [-0.15, -0.1) is 11.8 Å². The molecule has 1 aromatic rings. The Balaban J connectivity index is 2.23. The molecule has 2 rings (SSSR count). The van der Waals surface area contributed by atoms with Crippen LogP contribution in [0.15, 0.2) is 4.90 Å². The van der Waals surface area contributed by atoms with Crippen molar-refractivity contribution in [2.75, 3.05) is 43.6 Å². The number of piperazine rings is 1. The van der Waals surface area contributed by atoms with Crippen LogP contribution >= 0.6 is 23.3 Å². The number of rotatable bonds is 2. The van der Waals surface area contributed by atoms with Gasteiger partial charge in [-0.05, 0) is 38.7 Å². The Bertz CT molecular complexity index is 402. The average Bonchev–Trinajstić information content (AvgIpc) is 2.63. The van der Waals surface area contributed by atoms with E-state index in [1.54, 1.807) is 11.8 Å². The zero-order valence-electron chi connectivity index (χ0n) is 10.9. The zero-order valence-corrected chi connectivity index (χ0v) is 12.5. The van der Waals surface area contributed by atoms with Gasteiger partial charge in [-0.2, -0.15) is 4.37 Å². The third kappa shape index (κ3) is 2.39. The molecule has 0 atom stereocenters. The molecule has 0 saturated carbocycles. The van der Waals surface area contributed by atoms with Crippen molar-refractivity contribution >= 4 is 34.1 Å². The largest absolute Gasteiger partial charge is 0.382 e. The molecule has 1 aromatic heterocycles. The highest BCUT2D eigenvalue weighted by Crippen LogP contribution is 2.39. The fraction of sp³-hybridized carbons (Fsp3) is 0.727. The molecule has 1 aliphatic rings. The summed E-state index contributed by atoms with van der Waals surface area (Å²) in [5, 5.41) is 1.23. The summed E-state index contributed by atoms with van der Waals surface area (Å²) in [6.07, 6.45) is 2.06. The standard InChI is InChI=1S/C11H20N4S2/c1-11(2)7-15(6-5-14(11)3)10-8(16-4)9(12)13-17-10/h5-7H2,1-4H3,(H2,12,13). The van der Waals surface area contributed by atoms with Crippen molar-refractivity contribution in [2.45, 2.75) is 24.3 Å². The van der Waals surface area contributed by atoms with E-state index in [4.69, 9.17) is 5.73 Å². The first-order valence-electron chi connectivity index (χ1n) is 5.71. The molecule has 1 fully saturated rings. The van der Waals surface area contributed by atoms with Crippen LogP contribution in [0.4, 0.5) is 10.8 Å². The van der Waals surface area contributed by atoms with Gasteiger partial charge in [0, 0.05) is 25.2 Å². The van der Waals surface area contributed by atoms with E-state index < -0.39 is 0 Å². The van der Waals surface area contributed by atoms with E-state index in [9.17, 15) is 0 Å². The van der Waals surface area contributed by atoms with Gasteiger partial charge in [-0.25, -0.2) is 0 Å². The van der Waals surface area contributed by atoms with Crippen LogP contribution in [0.25, 0.3) is 0 Å².